The summed E-state index contributed by atoms with van der Waals surface area (Å²) < 4.78 is 12.9. The maximum absolute atomic E-state index is 12.9. The molecule has 2 aromatic rings. The van der Waals surface area contributed by atoms with E-state index in [1.54, 1.807) is 18.2 Å². The first-order chi connectivity index (χ1) is 9.72. The highest BCUT2D eigenvalue weighted by atomic mass is 19.1. The normalized spacial score (nSPS) is 17.8. The van der Waals surface area contributed by atoms with E-state index in [4.69, 9.17) is 0 Å². The molecule has 0 amide bonds. The first-order valence-electron chi connectivity index (χ1n) is 7.02. The Morgan fingerprint density at radius 1 is 1.15 bits per heavy atom. The van der Waals surface area contributed by atoms with Crippen molar-refractivity contribution in [3.63, 3.8) is 0 Å². The van der Waals surface area contributed by atoms with Crippen LogP contribution in [0, 0.1) is 5.82 Å². The van der Waals surface area contributed by atoms with Gasteiger partial charge in [0.05, 0.1) is 0 Å². The summed E-state index contributed by atoms with van der Waals surface area (Å²) in [6, 6.07) is 12.4. The molecule has 0 saturated carbocycles. The van der Waals surface area contributed by atoms with Crippen LogP contribution in [0.5, 0.6) is 5.75 Å². The number of hydrogen-bond donors (Lipinski definition) is 2. The highest BCUT2D eigenvalue weighted by Gasteiger charge is 2.20. The van der Waals surface area contributed by atoms with Crippen LogP contribution in [-0.2, 0) is 13.0 Å². The fourth-order valence-corrected chi connectivity index (χ4v) is 2.84. The lowest BCUT2D eigenvalue weighted by atomic mass is 9.87. The maximum Gasteiger partial charge on any atom is 0.123 e. The number of nitrogens with one attached hydrogen (secondary N) is 1. The number of phenols is 1. The molecule has 1 atom stereocenters. The van der Waals surface area contributed by atoms with Gasteiger partial charge in [0.25, 0.3) is 0 Å². The van der Waals surface area contributed by atoms with Crippen LogP contribution in [0.2, 0.25) is 0 Å². The Labute approximate surface area is 118 Å². The largest absolute Gasteiger partial charge is 0.508 e. The minimum atomic E-state index is -0.207. The predicted molar refractivity (Wildman–Crippen MR) is 77.0 cm³/mol. The van der Waals surface area contributed by atoms with Gasteiger partial charge < -0.3 is 10.4 Å². The molecule has 0 heterocycles. The lowest BCUT2D eigenvalue weighted by molar-refractivity contribution is 0.445. The zero-order valence-corrected chi connectivity index (χ0v) is 11.3. The van der Waals surface area contributed by atoms with Gasteiger partial charge in [-0.3, -0.25) is 0 Å². The molecule has 0 bridgehead atoms. The van der Waals surface area contributed by atoms with Crippen LogP contribution in [-0.4, -0.2) is 5.11 Å². The van der Waals surface area contributed by atoms with E-state index < -0.39 is 0 Å². The van der Waals surface area contributed by atoms with Gasteiger partial charge in [0.2, 0.25) is 0 Å². The summed E-state index contributed by atoms with van der Waals surface area (Å²) >= 11 is 0. The molecule has 2 nitrogen and oxygen atoms in total. The summed E-state index contributed by atoms with van der Waals surface area (Å²) in [5.74, 6) is 0.112. The van der Waals surface area contributed by atoms with Crippen LogP contribution < -0.4 is 5.32 Å². The third-order valence-electron chi connectivity index (χ3n) is 3.91. The Morgan fingerprint density at radius 3 is 2.75 bits per heavy atom. The van der Waals surface area contributed by atoms with E-state index in [9.17, 15) is 9.50 Å². The third-order valence-corrected chi connectivity index (χ3v) is 3.91. The van der Waals surface area contributed by atoms with Crippen molar-refractivity contribution >= 4 is 0 Å². The quantitative estimate of drug-likeness (QED) is 0.892. The number of benzene rings is 2. The van der Waals surface area contributed by atoms with Crippen LogP contribution in [0.4, 0.5) is 4.39 Å². The zero-order chi connectivity index (χ0) is 13.9. The van der Waals surface area contributed by atoms with Gasteiger partial charge in [-0.25, -0.2) is 4.39 Å². The number of halogens is 1. The third kappa shape index (κ3) is 2.83. The van der Waals surface area contributed by atoms with Crippen LogP contribution >= 0.6 is 0 Å². The van der Waals surface area contributed by atoms with Crippen molar-refractivity contribution in [2.24, 2.45) is 0 Å². The molecule has 1 aliphatic carbocycles. The second-order valence-corrected chi connectivity index (χ2v) is 5.34. The predicted octanol–water partition coefficient (Wildman–Crippen LogP) is 3.70. The molecule has 0 spiro atoms. The molecule has 0 saturated heterocycles. The van der Waals surface area contributed by atoms with Gasteiger partial charge in [-0.15, -0.1) is 0 Å². The molecule has 1 unspecified atom stereocenters. The van der Waals surface area contributed by atoms with E-state index in [-0.39, 0.29) is 11.9 Å². The maximum atomic E-state index is 12.9. The molecule has 0 fully saturated rings. The molecule has 20 heavy (non-hydrogen) atoms. The number of aromatic hydroxyl groups is 1. The lowest BCUT2D eigenvalue weighted by Gasteiger charge is -2.26. The van der Waals surface area contributed by atoms with Crippen molar-refractivity contribution in [1.29, 1.82) is 0 Å². The number of hydrogen-bond acceptors (Lipinski definition) is 2. The molecule has 0 aliphatic heterocycles. The molecule has 1 aliphatic rings. The van der Waals surface area contributed by atoms with Crippen molar-refractivity contribution in [2.75, 3.05) is 0 Å². The van der Waals surface area contributed by atoms with Gasteiger partial charge in [-0.2, -0.15) is 0 Å². The molecular formula is C17H18FNO. The fraction of sp³-hybridized carbons (Fsp3) is 0.294. The smallest absolute Gasteiger partial charge is 0.123 e. The van der Waals surface area contributed by atoms with E-state index in [0.717, 1.165) is 24.8 Å². The van der Waals surface area contributed by atoms with Gasteiger partial charge in [0.1, 0.15) is 11.6 Å². The molecule has 0 aromatic heterocycles. The van der Waals surface area contributed by atoms with E-state index in [1.807, 2.05) is 12.1 Å². The van der Waals surface area contributed by atoms with Gasteiger partial charge in [0.15, 0.2) is 0 Å². The van der Waals surface area contributed by atoms with Gasteiger partial charge in [0, 0.05) is 12.6 Å². The number of phenolic OH excluding ortho intramolecular Hbond substituents is 1. The molecular weight excluding hydrogens is 253 g/mol. The Balaban J connectivity index is 1.73. The monoisotopic (exact) mass is 271 g/mol. The summed E-state index contributed by atoms with van der Waals surface area (Å²) in [5, 5.41) is 13.2. The summed E-state index contributed by atoms with van der Waals surface area (Å²) in [6.45, 7) is 0.708. The highest BCUT2D eigenvalue weighted by molar-refractivity contribution is 5.38. The zero-order valence-electron chi connectivity index (χ0n) is 11.3. The summed E-state index contributed by atoms with van der Waals surface area (Å²) in [6.07, 6.45) is 3.29. The molecule has 3 rings (SSSR count). The molecule has 2 N–H and O–H groups in total. The Kier molecular flexibility index (Phi) is 3.70. The second kappa shape index (κ2) is 5.63. The van der Waals surface area contributed by atoms with Crippen molar-refractivity contribution < 1.29 is 9.50 Å². The van der Waals surface area contributed by atoms with Crippen LogP contribution in [0.15, 0.2) is 42.5 Å². The van der Waals surface area contributed by atoms with Crippen LogP contribution in [0.3, 0.4) is 0 Å². The first-order valence-corrected chi connectivity index (χ1v) is 7.02. The summed E-state index contributed by atoms with van der Waals surface area (Å²) in [4.78, 5) is 0. The van der Waals surface area contributed by atoms with E-state index in [0.29, 0.717) is 12.3 Å². The van der Waals surface area contributed by atoms with Gasteiger partial charge in [-0.05, 0) is 60.2 Å². The number of aryl methyl sites for hydroxylation is 1. The van der Waals surface area contributed by atoms with Crippen molar-refractivity contribution in [3.8, 4) is 5.75 Å². The SMILES string of the molecule is Oc1ccc2c(c1)C(NCc1ccc(F)cc1)CCC2. The van der Waals surface area contributed by atoms with Crippen molar-refractivity contribution in [2.45, 2.75) is 31.8 Å². The van der Waals surface area contributed by atoms with E-state index >= 15 is 0 Å². The average Bonchev–Trinajstić information content (AvgIpc) is 2.47. The number of rotatable bonds is 3. The van der Waals surface area contributed by atoms with E-state index in [2.05, 4.69) is 5.32 Å². The van der Waals surface area contributed by atoms with Gasteiger partial charge >= 0.3 is 0 Å². The van der Waals surface area contributed by atoms with Gasteiger partial charge in [-0.1, -0.05) is 18.2 Å². The number of fused-ring (bicyclic) bond motifs is 1. The minimum absolute atomic E-state index is 0.207. The molecule has 104 valence electrons. The topological polar surface area (TPSA) is 32.3 Å². The molecule has 0 radical (unpaired) electrons. The molecule has 2 aromatic carbocycles. The lowest BCUT2D eigenvalue weighted by Crippen LogP contribution is -2.24. The standard InChI is InChI=1S/C17H18FNO/c18-14-7-4-12(5-8-14)11-19-17-3-1-2-13-6-9-15(20)10-16(13)17/h4-10,17,19-20H,1-3,11H2. The summed E-state index contributed by atoms with van der Waals surface area (Å²) in [7, 11) is 0. The average molecular weight is 271 g/mol. The first kappa shape index (κ1) is 13.1. The van der Waals surface area contributed by atoms with E-state index in [1.165, 1.54) is 23.3 Å². The van der Waals surface area contributed by atoms with Crippen LogP contribution in [0.25, 0.3) is 0 Å². The second-order valence-electron chi connectivity index (χ2n) is 5.34. The highest BCUT2D eigenvalue weighted by Crippen LogP contribution is 2.32. The Bertz CT molecular complexity index is 594. The Hall–Kier alpha value is -1.87. The van der Waals surface area contributed by atoms with Crippen LogP contribution in [0.1, 0.15) is 35.6 Å². The van der Waals surface area contributed by atoms with Crippen molar-refractivity contribution in [3.05, 3.63) is 65.0 Å². The minimum Gasteiger partial charge on any atom is -0.508 e. The molecule has 3 heteroatoms. The Morgan fingerprint density at radius 2 is 1.95 bits per heavy atom. The summed E-state index contributed by atoms with van der Waals surface area (Å²) in [5.41, 5.74) is 3.57. The van der Waals surface area contributed by atoms with Crippen molar-refractivity contribution in [1.82, 2.24) is 5.32 Å². The fourth-order valence-electron chi connectivity index (χ4n) is 2.84.